The third-order valence-corrected chi connectivity index (χ3v) is 2.24. The fourth-order valence-corrected chi connectivity index (χ4v) is 1.61. The fraction of sp³-hybridized carbons (Fsp3) is 0.833. The van der Waals surface area contributed by atoms with Crippen molar-refractivity contribution >= 4 is 12.4 Å². The van der Waals surface area contributed by atoms with Gasteiger partial charge in [-0.2, -0.15) is 5.26 Å². The van der Waals surface area contributed by atoms with E-state index in [1.807, 2.05) is 0 Å². The summed E-state index contributed by atoms with van der Waals surface area (Å²) in [5.41, 5.74) is 0. The molecule has 0 aromatic carbocycles. The van der Waals surface area contributed by atoms with E-state index in [0.29, 0.717) is 5.92 Å². The van der Waals surface area contributed by atoms with Crippen LogP contribution >= 0.6 is 12.4 Å². The summed E-state index contributed by atoms with van der Waals surface area (Å²) >= 11 is 0. The molecule has 1 saturated heterocycles. The first-order valence-electron chi connectivity index (χ1n) is 3.04. The molecule has 0 amide bonds. The molecule has 2 aliphatic rings. The average Bonchev–Trinajstić information content (AvgIpc) is 2.22. The molecule has 2 nitrogen and oxygen atoms in total. The molecule has 0 spiro atoms. The highest BCUT2D eigenvalue weighted by molar-refractivity contribution is 5.85. The van der Waals surface area contributed by atoms with Crippen LogP contribution in [0.25, 0.3) is 0 Å². The van der Waals surface area contributed by atoms with Gasteiger partial charge in [-0.25, -0.2) is 0 Å². The lowest BCUT2D eigenvalue weighted by molar-refractivity contribution is 0.675. The summed E-state index contributed by atoms with van der Waals surface area (Å²) in [7, 11) is 0. The van der Waals surface area contributed by atoms with Crippen LogP contribution in [0.15, 0.2) is 0 Å². The number of rotatable bonds is 0. The highest BCUT2D eigenvalue weighted by Crippen LogP contribution is 2.47. The Labute approximate surface area is 60.6 Å². The zero-order valence-electron chi connectivity index (χ0n) is 5.00. The minimum absolute atomic E-state index is 0. The van der Waals surface area contributed by atoms with Gasteiger partial charge in [-0.15, -0.1) is 12.4 Å². The van der Waals surface area contributed by atoms with Gasteiger partial charge in [0.1, 0.15) is 0 Å². The molecule has 1 N–H and O–H groups in total. The van der Waals surface area contributed by atoms with E-state index in [4.69, 9.17) is 5.26 Å². The van der Waals surface area contributed by atoms with Gasteiger partial charge in [-0.05, 0) is 24.9 Å². The van der Waals surface area contributed by atoms with Crippen LogP contribution in [-0.2, 0) is 0 Å². The van der Waals surface area contributed by atoms with E-state index < -0.39 is 0 Å². The lowest BCUT2D eigenvalue weighted by Crippen LogP contribution is -2.13. The summed E-state index contributed by atoms with van der Waals surface area (Å²) in [6.45, 7) is 2.17. The molecule has 1 saturated carbocycles. The van der Waals surface area contributed by atoms with Crippen molar-refractivity contribution in [3.8, 4) is 6.07 Å². The summed E-state index contributed by atoms with van der Waals surface area (Å²) in [6.07, 6.45) is 0. The molecule has 2 unspecified atom stereocenters. The normalized spacial score (nSPS) is 44.6. The van der Waals surface area contributed by atoms with Gasteiger partial charge in [0.2, 0.25) is 0 Å². The van der Waals surface area contributed by atoms with Crippen molar-refractivity contribution in [2.24, 2.45) is 17.8 Å². The lowest BCUT2D eigenvalue weighted by Gasteiger charge is -1.92. The summed E-state index contributed by atoms with van der Waals surface area (Å²) in [6, 6.07) is 2.30. The van der Waals surface area contributed by atoms with Crippen molar-refractivity contribution in [3.05, 3.63) is 0 Å². The number of nitrogens with one attached hydrogen (secondary N) is 1. The second kappa shape index (κ2) is 2.17. The van der Waals surface area contributed by atoms with Crippen molar-refractivity contribution in [1.29, 1.82) is 5.26 Å². The van der Waals surface area contributed by atoms with Crippen LogP contribution in [0.5, 0.6) is 0 Å². The summed E-state index contributed by atoms with van der Waals surface area (Å²) in [5.74, 6) is 1.86. The zero-order valence-corrected chi connectivity index (χ0v) is 5.82. The number of nitriles is 1. The van der Waals surface area contributed by atoms with Crippen LogP contribution in [0.3, 0.4) is 0 Å². The third kappa shape index (κ3) is 0.810. The van der Waals surface area contributed by atoms with E-state index in [-0.39, 0.29) is 12.4 Å². The molecule has 1 aliphatic carbocycles. The minimum Gasteiger partial charge on any atom is -0.316 e. The van der Waals surface area contributed by atoms with Crippen LogP contribution in [0.2, 0.25) is 0 Å². The van der Waals surface area contributed by atoms with Gasteiger partial charge < -0.3 is 5.32 Å². The Morgan fingerprint density at radius 1 is 1.33 bits per heavy atom. The van der Waals surface area contributed by atoms with E-state index in [1.165, 1.54) is 0 Å². The van der Waals surface area contributed by atoms with E-state index in [9.17, 15) is 0 Å². The second-order valence-corrected chi connectivity index (χ2v) is 2.64. The Hall–Kier alpha value is -0.260. The molecule has 0 bridgehead atoms. The highest BCUT2D eigenvalue weighted by Gasteiger charge is 2.53. The standard InChI is InChI=1S/C6H8N2.ClH/c7-1-4-5-2-8-3-6(4)5;/h4-6,8H,2-3H2;1H. The van der Waals surface area contributed by atoms with Crippen molar-refractivity contribution in [2.45, 2.75) is 0 Å². The van der Waals surface area contributed by atoms with Crippen molar-refractivity contribution in [2.75, 3.05) is 13.1 Å². The maximum absolute atomic E-state index is 8.43. The van der Waals surface area contributed by atoms with Gasteiger partial charge >= 0.3 is 0 Å². The summed E-state index contributed by atoms with van der Waals surface area (Å²) in [5, 5.41) is 11.7. The van der Waals surface area contributed by atoms with Gasteiger partial charge in [-0.3, -0.25) is 0 Å². The molecule has 50 valence electrons. The smallest absolute Gasteiger partial charge is 0.0662 e. The molecule has 2 fully saturated rings. The molecule has 0 aromatic rings. The predicted octanol–water partition coefficient (Wildman–Crippen LogP) is 0.397. The molecule has 0 aromatic heterocycles. The van der Waals surface area contributed by atoms with Gasteiger partial charge in [0.15, 0.2) is 0 Å². The Bertz CT molecular complexity index is 142. The molecule has 1 heterocycles. The number of hydrogen-bond acceptors (Lipinski definition) is 2. The van der Waals surface area contributed by atoms with Gasteiger partial charge in [-0.1, -0.05) is 0 Å². The fourth-order valence-electron chi connectivity index (χ4n) is 1.61. The first-order valence-corrected chi connectivity index (χ1v) is 3.04. The maximum Gasteiger partial charge on any atom is 0.0662 e. The minimum atomic E-state index is 0. The number of fused-ring (bicyclic) bond motifs is 1. The molecule has 1 aliphatic heterocycles. The Morgan fingerprint density at radius 2 is 1.89 bits per heavy atom. The van der Waals surface area contributed by atoms with Crippen molar-refractivity contribution in [3.63, 3.8) is 0 Å². The monoisotopic (exact) mass is 144 g/mol. The number of halogens is 1. The summed E-state index contributed by atoms with van der Waals surface area (Å²) in [4.78, 5) is 0. The van der Waals surface area contributed by atoms with Crippen LogP contribution in [0.4, 0.5) is 0 Å². The molecule has 3 heteroatoms. The molecule has 0 radical (unpaired) electrons. The Balaban J connectivity index is 0.000000405. The lowest BCUT2D eigenvalue weighted by atomic mass is 10.3. The first-order chi connectivity index (χ1) is 3.93. The average molecular weight is 145 g/mol. The quantitative estimate of drug-likeness (QED) is 0.534. The SMILES string of the molecule is Cl.N#CC1C2CNCC12. The number of piperidine rings is 1. The Morgan fingerprint density at radius 3 is 2.22 bits per heavy atom. The Kier molecular flexibility index (Phi) is 1.65. The van der Waals surface area contributed by atoms with Crippen LogP contribution in [0.1, 0.15) is 0 Å². The van der Waals surface area contributed by atoms with E-state index in [0.717, 1.165) is 24.9 Å². The van der Waals surface area contributed by atoms with E-state index in [1.54, 1.807) is 0 Å². The molecule has 2 rings (SSSR count). The summed E-state index contributed by atoms with van der Waals surface area (Å²) < 4.78 is 0. The predicted molar refractivity (Wildman–Crippen MR) is 36.2 cm³/mol. The van der Waals surface area contributed by atoms with Crippen LogP contribution in [0, 0.1) is 29.1 Å². The number of hydrogen-bond donors (Lipinski definition) is 1. The van der Waals surface area contributed by atoms with Crippen LogP contribution in [-0.4, -0.2) is 13.1 Å². The zero-order chi connectivity index (χ0) is 5.56. The third-order valence-electron chi connectivity index (χ3n) is 2.24. The topological polar surface area (TPSA) is 35.8 Å². The highest BCUT2D eigenvalue weighted by atomic mass is 35.5. The second-order valence-electron chi connectivity index (χ2n) is 2.64. The largest absolute Gasteiger partial charge is 0.316 e. The van der Waals surface area contributed by atoms with Gasteiger partial charge in [0.05, 0.1) is 12.0 Å². The molecule has 2 atom stereocenters. The maximum atomic E-state index is 8.43. The van der Waals surface area contributed by atoms with Gasteiger partial charge in [0.25, 0.3) is 0 Å². The molecule has 9 heavy (non-hydrogen) atoms. The molecular weight excluding hydrogens is 136 g/mol. The van der Waals surface area contributed by atoms with Crippen LogP contribution < -0.4 is 5.32 Å². The number of nitrogens with zero attached hydrogens (tertiary/aromatic N) is 1. The molecular formula is C6H9ClN2. The van der Waals surface area contributed by atoms with Crippen molar-refractivity contribution in [1.82, 2.24) is 5.32 Å². The van der Waals surface area contributed by atoms with Gasteiger partial charge in [0, 0.05) is 0 Å². The van der Waals surface area contributed by atoms with Crippen molar-refractivity contribution < 1.29 is 0 Å². The first kappa shape index (κ1) is 6.85. The van der Waals surface area contributed by atoms with E-state index >= 15 is 0 Å². The van der Waals surface area contributed by atoms with E-state index in [2.05, 4.69) is 11.4 Å².